The molecule has 2 aromatic heterocycles. The Morgan fingerprint density at radius 1 is 1.19 bits per heavy atom. The Morgan fingerprint density at radius 3 is 2.50 bits per heavy atom. The number of hydrogen-bond acceptors (Lipinski definition) is 4. The second-order valence-electron chi connectivity index (χ2n) is 6.12. The molecule has 3 N–H and O–H groups in total. The molecule has 1 amide bonds. The number of benzene rings is 1. The summed E-state index contributed by atoms with van der Waals surface area (Å²) in [5.74, 6) is -0.296. The number of primary sulfonamides is 1. The number of carbonyl (C=O) groups excluding carboxylic acids is 1. The lowest BCUT2D eigenvalue weighted by Gasteiger charge is -2.08. The molecule has 8 heteroatoms. The third-order valence-corrected chi connectivity index (χ3v) is 4.91. The van der Waals surface area contributed by atoms with Crippen molar-refractivity contribution in [3.63, 3.8) is 0 Å². The second-order valence-corrected chi connectivity index (χ2v) is 7.68. The lowest BCUT2D eigenvalue weighted by Crippen LogP contribution is -2.17. The molecule has 0 fully saturated rings. The quantitative estimate of drug-likeness (QED) is 0.717. The highest BCUT2D eigenvalue weighted by Gasteiger charge is 2.19. The number of pyridine rings is 1. The summed E-state index contributed by atoms with van der Waals surface area (Å²) in [5.41, 5.74) is 3.43. The minimum absolute atomic E-state index is 0.00685. The summed E-state index contributed by atoms with van der Waals surface area (Å²) < 4.78 is 24.4. The third-order valence-electron chi connectivity index (χ3n) is 3.98. The molecule has 0 radical (unpaired) electrons. The van der Waals surface area contributed by atoms with E-state index in [4.69, 9.17) is 5.14 Å². The summed E-state index contributed by atoms with van der Waals surface area (Å²) in [6, 6.07) is 9.56. The smallest absolute Gasteiger partial charge is 0.274 e. The van der Waals surface area contributed by atoms with Crippen molar-refractivity contribution in [1.29, 1.82) is 0 Å². The van der Waals surface area contributed by atoms with E-state index in [0.29, 0.717) is 23.4 Å². The number of nitrogens with zero attached hydrogens (tertiary/aromatic N) is 2. The van der Waals surface area contributed by atoms with Gasteiger partial charge in [0.1, 0.15) is 11.3 Å². The molecule has 136 valence electrons. The van der Waals surface area contributed by atoms with Gasteiger partial charge in [0, 0.05) is 11.9 Å². The molecule has 0 spiro atoms. The van der Waals surface area contributed by atoms with Crippen molar-refractivity contribution < 1.29 is 13.2 Å². The monoisotopic (exact) mass is 372 g/mol. The molecule has 0 saturated carbocycles. The molecule has 0 aliphatic rings. The first-order valence-corrected chi connectivity index (χ1v) is 9.76. The van der Waals surface area contributed by atoms with E-state index in [2.05, 4.69) is 10.3 Å². The summed E-state index contributed by atoms with van der Waals surface area (Å²) in [4.78, 5) is 17.4. The highest BCUT2D eigenvalue weighted by atomic mass is 32.2. The van der Waals surface area contributed by atoms with Gasteiger partial charge in [-0.05, 0) is 49.2 Å². The molecule has 0 bridgehead atoms. The summed E-state index contributed by atoms with van der Waals surface area (Å²) >= 11 is 0. The van der Waals surface area contributed by atoms with E-state index in [1.165, 1.54) is 24.3 Å². The zero-order valence-corrected chi connectivity index (χ0v) is 15.4. The van der Waals surface area contributed by atoms with Crippen molar-refractivity contribution in [3.8, 4) is 0 Å². The van der Waals surface area contributed by atoms with Crippen LogP contribution in [-0.2, 0) is 16.4 Å². The van der Waals surface area contributed by atoms with Gasteiger partial charge in [0.05, 0.1) is 10.6 Å². The predicted molar refractivity (Wildman–Crippen MR) is 99.7 cm³/mol. The molecule has 26 heavy (non-hydrogen) atoms. The SMILES string of the molecule is CCCc1nc2ccc(C)cn2c1C(=O)Nc1ccc(S(N)(=O)=O)cc1. The fourth-order valence-electron chi connectivity index (χ4n) is 2.77. The first-order chi connectivity index (χ1) is 12.3. The Hall–Kier alpha value is -2.71. The fraction of sp³-hybridized carbons (Fsp3) is 0.222. The highest BCUT2D eigenvalue weighted by Crippen LogP contribution is 2.19. The molecular weight excluding hydrogens is 352 g/mol. The zero-order valence-electron chi connectivity index (χ0n) is 14.6. The topological polar surface area (TPSA) is 107 Å². The minimum Gasteiger partial charge on any atom is -0.321 e. The lowest BCUT2D eigenvalue weighted by molar-refractivity contribution is 0.102. The van der Waals surface area contributed by atoms with Gasteiger partial charge in [-0.25, -0.2) is 18.5 Å². The molecule has 0 aliphatic heterocycles. The van der Waals surface area contributed by atoms with Gasteiger partial charge in [-0.3, -0.25) is 9.20 Å². The van der Waals surface area contributed by atoms with Crippen molar-refractivity contribution in [2.75, 3.05) is 5.32 Å². The van der Waals surface area contributed by atoms with Crippen LogP contribution in [0.5, 0.6) is 0 Å². The number of nitrogens with two attached hydrogens (primary N) is 1. The number of carbonyl (C=O) groups is 1. The minimum atomic E-state index is -3.77. The van der Waals surface area contributed by atoms with Gasteiger partial charge < -0.3 is 5.32 Å². The summed E-state index contributed by atoms with van der Waals surface area (Å²) in [6.07, 6.45) is 3.43. The maximum atomic E-state index is 12.9. The Bertz CT molecular complexity index is 1070. The molecule has 0 saturated heterocycles. The van der Waals surface area contributed by atoms with Gasteiger partial charge in [0.15, 0.2) is 0 Å². The standard InChI is InChI=1S/C18H20N4O3S/c1-3-4-15-17(22-11-12(2)5-10-16(22)21-15)18(23)20-13-6-8-14(9-7-13)26(19,24)25/h5-11H,3-4H2,1-2H3,(H,20,23)(H2,19,24,25). The highest BCUT2D eigenvalue weighted by molar-refractivity contribution is 7.89. The van der Waals surface area contributed by atoms with Crippen LogP contribution < -0.4 is 10.5 Å². The number of sulfonamides is 1. The summed E-state index contributed by atoms with van der Waals surface area (Å²) in [6.45, 7) is 3.98. The first-order valence-electron chi connectivity index (χ1n) is 8.21. The number of anilines is 1. The summed E-state index contributed by atoms with van der Waals surface area (Å²) in [7, 11) is -3.77. The number of fused-ring (bicyclic) bond motifs is 1. The van der Waals surface area contributed by atoms with E-state index >= 15 is 0 Å². The largest absolute Gasteiger partial charge is 0.321 e. The van der Waals surface area contributed by atoms with Crippen molar-refractivity contribution in [2.45, 2.75) is 31.6 Å². The number of aryl methyl sites for hydroxylation is 2. The van der Waals surface area contributed by atoms with Crippen molar-refractivity contribution >= 4 is 27.3 Å². The first kappa shape index (κ1) is 18.1. The third kappa shape index (κ3) is 3.61. The van der Waals surface area contributed by atoms with E-state index in [-0.39, 0.29) is 10.8 Å². The number of imidazole rings is 1. The molecule has 0 aliphatic carbocycles. The van der Waals surface area contributed by atoms with Crippen LogP contribution in [0.1, 0.15) is 35.1 Å². The maximum Gasteiger partial charge on any atom is 0.274 e. The van der Waals surface area contributed by atoms with Crippen LogP contribution >= 0.6 is 0 Å². The van der Waals surface area contributed by atoms with Crippen molar-refractivity contribution in [3.05, 3.63) is 59.5 Å². The Morgan fingerprint density at radius 2 is 1.88 bits per heavy atom. The zero-order chi connectivity index (χ0) is 18.9. The van der Waals surface area contributed by atoms with E-state index in [9.17, 15) is 13.2 Å². The number of nitrogens with one attached hydrogen (secondary N) is 1. The van der Waals surface area contributed by atoms with Gasteiger partial charge in [-0.2, -0.15) is 0 Å². The molecule has 0 atom stereocenters. The molecule has 7 nitrogen and oxygen atoms in total. The van der Waals surface area contributed by atoms with Crippen molar-refractivity contribution in [2.24, 2.45) is 5.14 Å². The van der Waals surface area contributed by atoms with Gasteiger partial charge in [0.2, 0.25) is 10.0 Å². The molecule has 0 unspecified atom stereocenters. The van der Waals surface area contributed by atoms with Crippen LogP contribution in [0.15, 0.2) is 47.5 Å². The molecule has 1 aromatic carbocycles. The van der Waals surface area contributed by atoms with Crippen LogP contribution in [0.3, 0.4) is 0 Å². The van der Waals surface area contributed by atoms with Crippen molar-refractivity contribution in [1.82, 2.24) is 9.38 Å². The van der Waals surface area contributed by atoms with E-state index in [1.807, 2.05) is 32.2 Å². The van der Waals surface area contributed by atoms with E-state index in [1.54, 1.807) is 4.40 Å². The number of rotatable bonds is 5. The second kappa shape index (κ2) is 6.89. The molecule has 3 aromatic rings. The number of aromatic nitrogens is 2. The Kier molecular flexibility index (Phi) is 4.80. The van der Waals surface area contributed by atoms with Gasteiger partial charge in [0.25, 0.3) is 5.91 Å². The fourth-order valence-corrected chi connectivity index (χ4v) is 3.28. The van der Waals surface area contributed by atoms with Gasteiger partial charge >= 0.3 is 0 Å². The molecule has 2 heterocycles. The van der Waals surface area contributed by atoms with Crippen LogP contribution in [0.25, 0.3) is 5.65 Å². The summed E-state index contributed by atoms with van der Waals surface area (Å²) in [5, 5.41) is 7.89. The van der Waals surface area contributed by atoms with Crippen LogP contribution in [0.2, 0.25) is 0 Å². The van der Waals surface area contributed by atoms with Crippen LogP contribution in [0, 0.1) is 6.92 Å². The average Bonchev–Trinajstić information content (AvgIpc) is 2.92. The van der Waals surface area contributed by atoms with Crippen LogP contribution in [0.4, 0.5) is 5.69 Å². The lowest BCUT2D eigenvalue weighted by atomic mass is 10.2. The average molecular weight is 372 g/mol. The van der Waals surface area contributed by atoms with Gasteiger partial charge in [-0.15, -0.1) is 0 Å². The van der Waals surface area contributed by atoms with E-state index < -0.39 is 10.0 Å². The predicted octanol–water partition coefficient (Wildman–Crippen LogP) is 2.49. The van der Waals surface area contributed by atoms with Crippen LogP contribution in [-0.4, -0.2) is 23.7 Å². The van der Waals surface area contributed by atoms with E-state index in [0.717, 1.165) is 17.7 Å². The van der Waals surface area contributed by atoms with Gasteiger partial charge in [-0.1, -0.05) is 19.4 Å². The Balaban J connectivity index is 1.96. The number of amides is 1. The normalized spacial score (nSPS) is 11.7. The molecular formula is C18H20N4O3S. The Labute approximate surface area is 151 Å². The maximum absolute atomic E-state index is 12.9. The number of hydrogen-bond donors (Lipinski definition) is 2. The molecule has 3 rings (SSSR count).